The molecule has 0 spiro atoms. The Kier molecular flexibility index (Phi) is 7.16. The van der Waals surface area contributed by atoms with Crippen LogP contribution in [0, 0.1) is 0 Å². The lowest BCUT2D eigenvalue weighted by Crippen LogP contribution is -2.34. The number of sulfonamides is 1. The van der Waals surface area contributed by atoms with Gasteiger partial charge in [0.05, 0.1) is 27.5 Å². The van der Waals surface area contributed by atoms with Crippen molar-refractivity contribution in [3.63, 3.8) is 0 Å². The average molecular weight is 509 g/mol. The molecule has 11 heteroatoms. The molecule has 2 saturated carbocycles. The molecule has 1 aromatic heterocycles. The number of carbonyl (C=O) groups is 1. The zero-order valence-electron chi connectivity index (χ0n) is 19.4. The minimum atomic E-state index is -3.56. The van der Waals surface area contributed by atoms with Crippen molar-refractivity contribution in [1.29, 1.82) is 0 Å². The maximum absolute atomic E-state index is 12.7. The molecule has 186 valence electrons. The number of nitrogens with two attached hydrogens (primary N) is 1. The first-order chi connectivity index (χ1) is 16.0. The molecular formula is C23H32N4O5S2. The first-order valence-electron chi connectivity index (χ1n) is 11.6. The molecule has 1 aromatic rings. The standard InChI is InChI=1S/C23H32N4O5S2/c1-23(2,29)13-26-15-5-10-18(19(11-15)27-34(30,31)17-8-9-17)20-12-25-21(33-20)14-3-6-16(7-4-14)32-22(24)28/h5,10-12,14,16-18,26,29H,3-4,6-9,13H2,1-2H3,(H2,24,28). The van der Waals surface area contributed by atoms with E-state index in [-0.39, 0.29) is 23.2 Å². The normalized spacial score (nSPS) is 26.9. The summed E-state index contributed by atoms with van der Waals surface area (Å²) < 4.78 is 34.7. The van der Waals surface area contributed by atoms with Gasteiger partial charge in [0.2, 0.25) is 0 Å². The van der Waals surface area contributed by atoms with E-state index in [1.54, 1.807) is 31.3 Å². The highest BCUT2D eigenvalue weighted by Gasteiger charge is 2.37. The molecule has 9 nitrogen and oxygen atoms in total. The topological polar surface area (TPSA) is 144 Å². The Balaban J connectivity index is 1.52. The van der Waals surface area contributed by atoms with E-state index in [1.807, 2.05) is 18.3 Å². The molecule has 0 bridgehead atoms. The van der Waals surface area contributed by atoms with Gasteiger partial charge in [0.25, 0.3) is 10.0 Å². The third-order valence-corrected chi connectivity index (χ3v) is 9.17. The quantitative estimate of drug-likeness (QED) is 0.489. The highest BCUT2D eigenvalue weighted by atomic mass is 32.2. The van der Waals surface area contributed by atoms with E-state index in [2.05, 4.69) is 14.7 Å². The first-order valence-corrected chi connectivity index (χ1v) is 13.9. The lowest BCUT2D eigenvalue weighted by molar-refractivity contribution is 0.0786. The fourth-order valence-corrected chi connectivity index (χ4v) is 6.68. The number of rotatable bonds is 8. The SMILES string of the molecule is CC(C)(O)CNC1=CC(=NS(=O)(=O)C2CC2)C(c2cnc(C3CCC(OC(N)=O)CC3)s2)C=C1. The lowest BCUT2D eigenvalue weighted by atomic mass is 9.88. The monoisotopic (exact) mass is 508 g/mol. The Morgan fingerprint density at radius 1 is 1.29 bits per heavy atom. The van der Waals surface area contributed by atoms with E-state index in [1.165, 1.54) is 0 Å². The molecule has 0 saturated heterocycles. The van der Waals surface area contributed by atoms with Crippen molar-refractivity contribution in [1.82, 2.24) is 10.3 Å². The van der Waals surface area contributed by atoms with Gasteiger partial charge in [0, 0.05) is 29.2 Å². The molecule has 1 atom stereocenters. The number of hydrogen-bond acceptors (Lipinski definition) is 8. The number of aliphatic hydroxyl groups is 1. The second-order valence-electron chi connectivity index (χ2n) is 9.84. The van der Waals surface area contributed by atoms with Crippen LogP contribution in [0.5, 0.6) is 0 Å². The van der Waals surface area contributed by atoms with Gasteiger partial charge in [-0.1, -0.05) is 6.08 Å². The Bertz CT molecular complexity index is 1100. The van der Waals surface area contributed by atoms with Gasteiger partial charge < -0.3 is 20.9 Å². The number of nitrogens with zero attached hydrogens (tertiary/aromatic N) is 2. The summed E-state index contributed by atoms with van der Waals surface area (Å²) in [6, 6.07) is 0. The van der Waals surface area contributed by atoms with Crippen molar-refractivity contribution in [2.45, 2.75) is 81.2 Å². The molecule has 0 aromatic carbocycles. The van der Waals surface area contributed by atoms with E-state index in [4.69, 9.17) is 10.5 Å². The van der Waals surface area contributed by atoms with E-state index >= 15 is 0 Å². The van der Waals surface area contributed by atoms with Crippen molar-refractivity contribution in [2.75, 3.05) is 6.54 Å². The Labute approximate surface area is 204 Å². The fraction of sp³-hybridized carbons (Fsp3) is 0.609. The van der Waals surface area contributed by atoms with Crippen LogP contribution < -0.4 is 11.1 Å². The van der Waals surface area contributed by atoms with Gasteiger partial charge in [-0.15, -0.1) is 11.3 Å². The molecule has 4 N–H and O–H groups in total. The predicted molar refractivity (Wildman–Crippen MR) is 131 cm³/mol. The largest absolute Gasteiger partial charge is 0.446 e. The molecule has 34 heavy (non-hydrogen) atoms. The minimum absolute atomic E-state index is 0.138. The highest BCUT2D eigenvalue weighted by Crippen LogP contribution is 2.39. The number of allylic oxidation sites excluding steroid dienone is 3. The van der Waals surface area contributed by atoms with Gasteiger partial charge in [-0.2, -0.15) is 4.40 Å². The van der Waals surface area contributed by atoms with Crippen LogP contribution in [0.2, 0.25) is 0 Å². The number of hydrogen-bond donors (Lipinski definition) is 3. The van der Waals surface area contributed by atoms with Gasteiger partial charge in [0.1, 0.15) is 6.10 Å². The average Bonchev–Trinajstić information content (AvgIpc) is 3.51. The second kappa shape index (κ2) is 9.79. The Morgan fingerprint density at radius 2 is 2.00 bits per heavy atom. The predicted octanol–water partition coefficient (Wildman–Crippen LogP) is 3.10. The van der Waals surface area contributed by atoms with Crippen LogP contribution in [0.4, 0.5) is 4.79 Å². The number of carbonyl (C=O) groups excluding carboxylic acids is 1. The number of amides is 1. The van der Waals surface area contributed by atoms with Crippen LogP contribution in [-0.2, 0) is 14.8 Å². The van der Waals surface area contributed by atoms with E-state index in [9.17, 15) is 18.3 Å². The molecule has 4 rings (SSSR count). The number of aromatic nitrogens is 1. The summed E-state index contributed by atoms with van der Waals surface area (Å²) in [6.45, 7) is 3.73. The second-order valence-corrected chi connectivity index (χ2v) is 12.8. The number of nitrogens with one attached hydrogen (secondary N) is 1. The molecule has 0 aliphatic heterocycles. The highest BCUT2D eigenvalue weighted by molar-refractivity contribution is 7.91. The Morgan fingerprint density at radius 3 is 2.62 bits per heavy atom. The van der Waals surface area contributed by atoms with Gasteiger partial charge in [-0.05, 0) is 64.5 Å². The van der Waals surface area contributed by atoms with Gasteiger partial charge in [-0.25, -0.2) is 18.2 Å². The lowest BCUT2D eigenvalue weighted by Gasteiger charge is -2.26. The minimum Gasteiger partial charge on any atom is -0.446 e. The summed E-state index contributed by atoms with van der Waals surface area (Å²) >= 11 is 1.57. The molecule has 2 fully saturated rings. The van der Waals surface area contributed by atoms with Gasteiger partial charge in [0.15, 0.2) is 0 Å². The molecule has 1 heterocycles. The molecule has 1 amide bonds. The molecular weight excluding hydrogens is 476 g/mol. The number of thiazole rings is 1. The first kappa shape index (κ1) is 24.9. The van der Waals surface area contributed by atoms with Crippen molar-refractivity contribution < 1.29 is 23.1 Å². The zero-order chi connectivity index (χ0) is 24.5. The summed E-state index contributed by atoms with van der Waals surface area (Å²) in [5.74, 6) is -0.0313. The molecule has 3 aliphatic carbocycles. The zero-order valence-corrected chi connectivity index (χ0v) is 21.1. The molecule has 3 aliphatic rings. The van der Waals surface area contributed by atoms with Crippen LogP contribution in [0.3, 0.4) is 0 Å². The van der Waals surface area contributed by atoms with E-state index in [0.717, 1.165) is 35.6 Å². The maximum atomic E-state index is 12.7. The van der Waals surface area contributed by atoms with E-state index < -0.39 is 21.7 Å². The number of primary amides is 1. The van der Waals surface area contributed by atoms with Crippen molar-refractivity contribution >= 4 is 33.2 Å². The van der Waals surface area contributed by atoms with Crippen LogP contribution in [0.25, 0.3) is 0 Å². The smallest absolute Gasteiger partial charge is 0.404 e. The number of ether oxygens (including phenoxy) is 1. The van der Waals surface area contributed by atoms with Crippen LogP contribution in [0.15, 0.2) is 34.5 Å². The third kappa shape index (κ3) is 6.45. The van der Waals surface area contributed by atoms with Crippen molar-refractivity contribution in [2.24, 2.45) is 10.1 Å². The summed E-state index contributed by atoms with van der Waals surface area (Å²) in [7, 11) is -3.56. The van der Waals surface area contributed by atoms with Crippen molar-refractivity contribution in [3.8, 4) is 0 Å². The van der Waals surface area contributed by atoms with Crippen LogP contribution >= 0.6 is 11.3 Å². The van der Waals surface area contributed by atoms with Gasteiger partial charge >= 0.3 is 6.09 Å². The molecule has 0 radical (unpaired) electrons. The van der Waals surface area contributed by atoms with Crippen LogP contribution in [0.1, 0.15) is 74.1 Å². The van der Waals surface area contributed by atoms with Crippen molar-refractivity contribution in [3.05, 3.63) is 40.0 Å². The Hall–Kier alpha value is -2.24. The fourth-order valence-electron chi connectivity index (χ4n) is 4.16. The summed E-state index contributed by atoms with van der Waals surface area (Å²) in [5.41, 5.74) is 5.39. The maximum Gasteiger partial charge on any atom is 0.404 e. The summed E-state index contributed by atoms with van der Waals surface area (Å²) in [4.78, 5) is 16.6. The summed E-state index contributed by atoms with van der Waals surface area (Å²) in [6.07, 6.45) is 11.0. The summed E-state index contributed by atoms with van der Waals surface area (Å²) in [5, 5.41) is 13.8. The third-order valence-electron chi connectivity index (χ3n) is 6.15. The molecule has 1 unspecified atom stereocenters. The van der Waals surface area contributed by atoms with E-state index in [0.29, 0.717) is 30.8 Å². The van der Waals surface area contributed by atoms with Gasteiger partial charge in [-0.3, -0.25) is 0 Å². The van der Waals surface area contributed by atoms with Crippen LogP contribution in [-0.4, -0.2) is 53.8 Å².